The summed E-state index contributed by atoms with van der Waals surface area (Å²) >= 11 is 5.67. The number of hydrogen-bond donors (Lipinski definition) is 1. The molecule has 5 rings (SSSR count). The third-order valence-electron chi connectivity index (χ3n) is 7.62. The Morgan fingerprint density at radius 1 is 1.08 bits per heavy atom. The number of β-amino-alcohol motifs (C(OH)–C–C–N with tert-alkyl or cyclic N) is 1. The summed E-state index contributed by atoms with van der Waals surface area (Å²) in [6.07, 6.45) is -1.82. The smallest absolute Gasteiger partial charge is 0.395 e. The summed E-state index contributed by atoms with van der Waals surface area (Å²) in [7, 11) is 0. The molecule has 8 nitrogen and oxygen atoms in total. The lowest BCUT2D eigenvalue weighted by Gasteiger charge is -2.43. The molecule has 2 aliphatic heterocycles. The van der Waals surface area contributed by atoms with Gasteiger partial charge in [-0.1, -0.05) is 12.1 Å². The number of halogens is 3. The van der Waals surface area contributed by atoms with Gasteiger partial charge in [0.05, 0.1) is 24.1 Å². The summed E-state index contributed by atoms with van der Waals surface area (Å²) in [6, 6.07) is 10.0. The minimum Gasteiger partial charge on any atom is -0.395 e. The molecule has 200 valence electrons. The van der Waals surface area contributed by atoms with Gasteiger partial charge in [-0.05, 0) is 55.2 Å². The van der Waals surface area contributed by atoms with E-state index in [4.69, 9.17) is 22.6 Å². The van der Waals surface area contributed by atoms with Crippen LogP contribution in [-0.2, 0) is 17.5 Å². The summed E-state index contributed by atoms with van der Waals surface area (Å²) in [5.74, 6) is -0.377. The normalized spacial score (nSPS) is 20.2. The number of anilines is 2. The fourth-order valence-electron chi connectivity index (χ4n) is 5.41. The molecule has 38 heavy (non-hydrogen) atoms. The van der Waals surface area contributed by atoms with E-state index < -0.39 is 23.0 Å². The average molecular weight is 545 g/mol. The van der Waals surface area contributed by atoms with Crippen LogP contribution in [0.5, 0.6) is 0 Å². The van der Waals surface area contributed by atoms with Gasteiger partial charge in [-0.3, -0.25) is 19.5 Å². The molecular weight excluding hydrogens is 517 g/mol. The molecule has 1 N–H and O–H groups in total. The lowest BCUT2D eigenvalue weighted by molar-refractivity contribution is -0.138. The Morgan fingerprint density at radius 2 is 1.74 bits per heavy atom. The Morgan fingerprint density at radius 3 is 2.29 bits per heavy atom. The second-order valence-corrected chi connectivity index (χ2v) is 10.2. The fourth-order valence-corrected chi connectivity index (χ4v) is 5.88. The van der Waals surface area contributed by atoms with Crippen molar-refractivity contribution in [2.75, 3.05) is 49.1 Å². The number of hydrogen-bond acceptors (Lipinski definition) is 7. The largest absolute Gasteiger partial charge is 0.419 e. The van der Waals surface area contributed by atoms with Gasteiger partial charge in [-0.15, -0.1) is 0 Å². The van der Waals surface area contributed by atoms with E-state index in [2.05, 4.69) is 14.8 Å². The Bertz CT molecular complexity index is 1270. The van der Waals surface area contributed by atoms with Gasteiger partial charge >= 0.3 is 6.18 Å². The van der Waals surface area contributed by atoms with Crippen molar-refractivity contribution in [2.24, 2.45) is 0 Å². The van der Waals surface area contributed by atoms with E-state index in [-0.39, 0.29) is 23.3 Å². The number of pyridine rings is 1. The maximum Gasteiger partial charge on any atom is 0.419 e. The molecule has 2 aromatic rings. The minimum atomic E-state index is -4.80. The molecule has 0 radical (unpaired) electrons. The van der Waals surface area contributed by atoms with E-state index in [0.717, 1.165) is 61.9 Å². The zero-order valence-corrected chi connectivity index (χ0v) is 21.4. The highest BCUT2D eigenvalue weighted by Crippen LogP contribution is 2.48. The maximum absolute atomic E-state index is 13.6. The highest BCUT2D eigenvalue weighted by molar-refractivity contribution is 7.81. The molecule has 1 saturated carbocycles. The number of alkyl halides is 3. The van der Waals surface area contributed by atoms with Gasteiger partial charge in [0, 0.05) is 45.0 Å². The van der Waals surface area contributed by atoms with Gasteiger partial charge in [0.1, 0.15) is 11.6 Å². The van der Waals surface area contributed by atoms with Crippen molar-refractivity contribution in [3.63, 3.8) is 0 Å². The topological polar surface area (TPSA) is 86.9 Å². The van der Waals surface area contributed by atoms with Gasteiger partial charge < -0.3 is 10.0 Å². The number of aliphatic hydroxyl groups excluding tert-OH is 1. The zero-order valence-electron chi connectivity index (χ0n) is 20.6. The predicted octanol–water partition coefficient (Wildman–Crippen LogP) is 3.14. The second-order valence-electron chi connectivity index (χ2n) is 9.85. The molecular formula is C26H27F3N6O2S. The van der Waals surface area contributed by atoms with Crippen molar-refractivity contribution < 1.29 is 23.1 Å². The van der Waals surface area contributed by atoms with Crippen LogP contribution in [0.4, 0.5) is 24.5 Å². The van der Waals surface area contributed by atoms with Crippen LogP contribution in [0.25, 0.3) is 0 Å². The van der Waals surface area contributed by atoms with Crippen LogP contribution in [0.2, 0.25) is 0 Å². The molecule has 0 bridgehead atoms. The standard InChI is InChI=1S/C26H27F3N6O2S/c27-26(28,29)21-14-20(16-31-22(21)15-30)34-23(37)25(6-1-7-25)35(24(34)38)19-4-2-18(3-5-19)17-33-10-8-32(9-11-33)12-13-36/h2-5,14,16,36H,1,6-13,17H2. The molecule has 1 spiro atoms. The summed E-state index contributed by atoms with van der Waals surface area (Å²) in [5, 5.41) is 18.3. The number of thiocarbonyl (C=S) groups is 1. The number of aromatic nitrogens is 1. The van der Waals surface area contributed by atoms with Crippen molar-refractivity contribution in [1.29, 1.82) is 5.26 Å². The van der Waals surface area contributed by atoms with E-state index >= 15 is 0 Å². The van der Waals surface area contributed by atoms with Crippen molar-refractivity contribution in [1.82, 2.24) is 14.8 Å². The maximum atomic E-state index is 13.6. The summed E-state index contributed by atoms with van der Waals surface area (Å²) in [6.45, 7) is 5.23. The first-order valence-corrected chi connectivity index (χ1v) is 12.9. The van der Waals surface area contributed by atoms with Crippen LogP contribution in [0.3, 0.4) is 0 Å². The van der Waals surface area contributed by atoms with E-state index in [0.29, 0.717) is 25.1 Å². The second kappa shape index (κ2) is 10.2. The Balaban J connectivity index is 1.38. The zero-order chi connectivity index (χ0) is 27.1. The van der Waals surface area contributed by atoms with Crippen molar-refractivity contribution in [3.05, 3.63) is 53.3 Å². The van der Waals surface area contributed by atoms with Gasteiger partial charge in [0.15, 0.2) is 10.8 Å². The molecule has 3 aliphatic rings. The van der Waals surface area contributed by atoms with Crippen LogP contribution in [0.1, 0.15) is 36.1 Å². The molecule has 0 atom stereocenters. The van der Waals surface area contributed by atoms with E-state index in [9.17, 15) is 18.0 Å². The van der Waals surface area contributed by atoms with Crippen molar-refractivity contribution in [3.8, 4) is 6.07 Å². The first-order chi connectivity index (χ1) is 18.2. The molecule has 12 heteroatoms. The summed E-state index contributed by atoms with van der Waals surface area (Å²) in [5.41, 5.74) is -1.17. The highest BCUT2D eigenvalue weighted by Gasteiger charge is 2.59. The Labute approximate surface area is 223 Å². The highest BCUT2D eigenvalue weighted by atomic mass is 32.1. The van der Waals surface area contributed by atoms with E-state index in [1.165, 1.54) is 6.07 Å². The quantitative estimate of drug-likeness (QED) is 0.556. The molecule has 3 fully saturated rings. The van der Waals surface area contributed by atoms with E-state index in [1.807, 2.05) is 24.3 Å². The van der Waals surface area contributed by atoms with Gasteiger partial charge in [0.2, 0.25) is 0 Å². The van der Waals surface area contributed by atoms with Gasteiger partial charge in [-0.2, -0.15) is 18.4 Å². The first-order valence-electron chi connectivity index (χ1n) is 12.5. The molecule has 0 unspecified atom stereocenters. The van der Waals surface area contributed by atoms with Crippen molar-refractivity contribution in [2.45, 2.75) is 37.5 Å². The summed E-state index contributed by atoms with van der Waals surface area (Å²) in [4.78, 5) is 24.8. The number of carbonyl (C=O) groups is 1. The molecule has 3 heterocycles. The number of rotatable bonds is 6. The molecule has 1 aromatic heterocycles. The SMILES string of the molecule is N#Cc1ncc(N2C(=O)C3(CCC3)N(c3ccc(CN4CCN(CCO)CC4)cc3)C2=S)cc1C(F)(F)F. The monoisotopic (exact) mass is 544 g/mol. The van der Waals surface area contributed by atoms with Gasteiger partial charge in [-0.25, -0.2) is 4.98 Å². The van der Waals surface area contributed by atoms with Crippen LogP contribution in [0, 0.1) is 11.3 Å². The minimum absolute atomic E-state index is 0.0992. The van der Waals surface area contributed by atoms with Gasteiger partial charge in [0.25, 0.3) is 5.91 Å². The van der Waals surface area contributed by atoms with Crippen LogP contribution in [-0.4, -0.2) is 75.8 Å². The number of carbonyl (C=O) groups excluding carboxylic acids is 1. The molecule has 2 saturated heterocycles. The predicted molar refractivity (Wildman–Crippen MR) is 138 cm³/mol. The number of nitrogens with zero attached hydrogens (tertiary/aromatic N) is 6. The Kier molecular flexibility index (Phi) is 7.13. The van der Waals surface area contributed by atoms with Crippen LogP contribution >= 0.6 is 12.2 Å². The van der Waals surface area contributed by atoms with Crippen LogP contribution < -0.4 is 9.80 Å². The number of benzene rings is 1. The van der Waals surface area contributed by atoms with E-state index in [1.54, 1.807) is 4.90 Å². The molecule has 1 aromatic carbocycles. The first kappa shape index (κ1) is 26.5. The Hall–Kier alpha value is -3.11. The lowest BCUT2D eigenvalue weighted by atomic mass is 9.75. The molecule has 1 amide bonds. The third kappa shape index (κ3) is 4.64. The average Bonchev–Trinajstić information content (AvgIpc) is 3.11. The third-order valence-corrected chi connectivity index (χ3v) is 7.98. The number of aliphatic hydroxyl groups is 1. The summed E-state index contributed by atoms with van der Waals surface area (Å²) < 4.78 is 40.7. The van der Waals surface area contributed by atoms with Crippen LogP contribution in [0.15, 0.2) is 36.5 Å². The van der Waals surface area contributed by atoms with Crippen molar-refractivity contribution >= 4 is 34.6 Å². The lowest BCUT2D eigenvalue weighted by Crippen LogP contribution is -2.55. The number of amides is 1. The molecule has 1 aliphatic carbocycles. The fraction of sp³-hybridized carbons (Fsp3) is 0.462. The number of nitriles is 1. The number of piperazine rings is 1.